The van der Waals surface area contributed by atoms with Gasteiger partial charge in [0, 0.05) is 30.6 Å². The lowest BCUT2D eigenvalue weighted by Gasteiger charge is -2.61. The molecule has 0 radical (unpaired) electrons. The number of aliphatic hydroxyl groups is 1. The van der Waals surface area contributed by atoms with E-state index in [-0.39, 0.29) is 10.8 Å². The van der Waals surface area contributed by atoms with Gasteiger partial charge in [-0.25, -0.2) is 8.42 Å². The van der Waals surface area contributed by atoms with Crippen LogP contribution in [-0.4, -0.2) is 33.1 Å². The van der Waals surface area contributed by atoms with Gasteiger partial charge in [0.2, 0.25) is 9.84 Å². The minimum absolute atomic E-state index is 0.239. The average Bonchev–Trinajstić information content (AvgIpc) is 3.36. The predicted octanol–water partition coefficient (Wildman–Crippen LogP) is 9.49. The van der Waals surface area contributed by atoms with E-state index in [9.17, 15) is 13.5 Å². The van der Waals surface area contributed by atoms with Gasteiger partial charge in [0.1, 0.15) is 0 Å². The maximum absolute atomic E-state index is 13.7. The summed E-state index contributed by atoms with van der Waals surface area (Å²) in [5.41, 5.74) is 0.645. The number of sulfone groups is 1. The number of benzene rings is 2. The lowest BCUT2D eigenvalue weighted by molar-refractivity contribution is -0.114. The van der Waals surface area contributed by atoms with E-state index in [0.717, 1.165) is 59.9 Å². The lowest BCUT2D eigenvalue weighted by Crippen LogP contribution is -2.53. The van der Waals surface area contributed by atoms with Crippen LogP contribution in [0.4, 0.5) is 5.69 Å². The minimum Gasteiger partial charge on any atom is -0.377 e. The summed E-state index contributed by atoms with van der Waals surface area (Å²) < 4.78 is 27.5. The average molecular weight is 622 g/mol. The fourth-order valence-corrected chi connectivity index (χ4v) is 13.5. The van der Waals surface area contributed by atoms with E-state index in [1.807, 2.05) is 50.2 Å². The molecule has 4 fully saturated rings. The molecule has 0 amide bonds. The first-order valence-corrected chi connectivity index (χ1v) is 19.5. The summed E-state index contributed by atoms with van der Waals surface area (Å²) in [5, 5.41) is 12.8. The maximum atomic E-state index is 13.7. The smallest absolute Gasteiger partial charge is 0.205 e. The Bertz CT molecular complexity index is 1440. The summed E-state index contributed by atoms with van der Waals surface area (Å²) in [6.45, 7) is 9.73. The molecule has 0 heterocycles. The van der Waals surface area contributed by atoms with Crippen LogP contribution in [0.2, 0.25) is 0 Å². The Balaban J connectivity index is 1.08. The zero-order valence-corrected chi connectivity index (χ0v) is 29.2. The summed E-state index contributed by atoms with van der Waals surface area (Å²) in [7, 11) is 0.0426. The number of hydrogen-bond acceptors (Lipinski definition) is 4. The highest BCUT2D eigenvalue weighted by Crippen LogP contribution is 2.68. The summed E-state index contributed by atoms with van der Waals surface area (Å²) in [6, 6.07) is 11.2. The van der Waals surface area contributed by atoms with Crippen LogP contribution >= 0.6 is 0 Å². The van der Waals surface area contributed by atoms with Gasteiger partial charge in [0.05, 0.1) is 4.90 Å². The van der Waals surface area contributed by atoms with Crippen molar-refractivity contribution in [3.05, 3.63) is 36.4 Å². The number of nitrogens with zero attached hydrogens (tertiary/aromatic N) is 1. The Labute approximate surface area is 268 Å². The Morgan fingerprint density at radius 3 is 2.34 bits per heavy atom. The molecule has 0 bridgehead atoms. The number of fused-ring (bicyclic) bond motifs is 6. The molecule has 44 heavy (non-hydrogen) atoms. The minimum atomic E-state index is -3.89. The molecule has 4 aliphatic carbocycles. The Kier molecular flexibility index (Phi) is 8.98. The first kappa shape index (κ1) is 32.4. The maximum Gasteiger partial charge on any atom is 0.205 e. The van der Waals surface area contributed by atoms with Crippen molar-refractivity contribution in [3.8, 4) is 0 Å². The van der Waals surface area contributed by atoms with E-state index in [1.54, 1.807) is 12.1 Å². The van der Waals surface area contributed by atoms with Crippen molar-refractivity contribution in [1.29, 1.82) is 0 Å². The van der Waals surface area contributed by atoms with Crippen LogP contribution < -0.4 is 4.90 Å². The number of aliphatic hydroxyl groups excluding tert-OH is 1. The second kappa shape index (κ2) is 12.2. The Morgan fingerprint density at radius 2 is 1.57 bits per heavy atom. The second-order valence-electron chi connectivity index (χ2n) is 16.5. The second-order valence-corrected chi connectivity index (χ2v) is 18.5. The molecule has 0 saturated heterocycles. The highest BCUT2D eigenvalue weighted by molar-refractivity contribution is 7.92. The van der Waals surface area contributed by atoms with Crippen molar-refractivity contribution in [2.24, 2.45) is 52.3 Å². The molecule has 1 N–H and O–H groups in total. The molecule has 5 heteroatoms. The van der Waals surface area contributed by atoms with Gasteiger partial charge in [-0.2, -0.15) is 0 Å². The van der Waals surface area contributed by atoms with Crippen LogP contribution in [0.1, 0.15) is 111 Å². The number of hydrogen-bond donors (Lipinski definition) is 1. The summed E-state index contributed by atoms with van der Waals surface area (Å²) >= 11 is 0. The zero-order chi connectivity index (χ0) is 31.4. The number of anilines is 1. The SMILES string of the molecule is CC(CCC[C@@H](C)[C@H]1CC[C@H]2[C@@H]3CCC4CCCC[C@]4(C)[C@H]3CC[C@]12C)C(O)S(=O)(=O)c1cccc2c(N(C)C)cccc12. The van der Waals surface area contributed by atoms with E-state index >= 15 is 0 Å². The van der Waals surface area contributed by atoms with Gasteiger partial charge in [-0.05, 0) is 122 Å². The predicted molar refractivity (Wildman–Crippen MR) is 183 cm³/mol. The summed E-state index contributed by atoms with van der Waals surface area (Å²) in [5.74, 6) is 4.88. The molecular weight excluding hydrogens is 563 g/mol. The Hall–Kier alpha value is -1.59. The molecule has 4 aliphatic rings. The largest absolute Gasteiger partial charge is 0.377 e. The molecular formula is C39H59NO3S. The van der Waals surface area contributed by atoms with Crippen LogP contribution in [0.3, 0.4) is 0 Å². The van der Waals surface area contributed by atoms with Crippen LogP contribution in [0.25, 0.3) is 10.8 Å². The van der Waals surface area contributed by atoms with E-state index in [0.29, 0.717) is 22.1 Å². The molecule has 0 aromatic heterocycles. The third-order valence-corrected chi connectivity index (χ3v) is 16.2. The molecule has 244 valence electrons. The van der Waals surface area contributed by atoms with E-state index < -0.39 is 15.3 Å². The van der Waals surface area contributed by atoms with E-state index in [1.165, 1.54) is 64.2 Å². The van der Waals surface area contributed by atoms with Gasteiger partial charge in [0.15, 0.2) is 5.44 Å². The number of rotatable bonds is 9. The molecule has 4 nitrogen and oxygen atoms in total. The molecule has 4 saturated carbocycles. The van der Waals surface area contributed by atoms with Crippen molar-refractivity contribution >= 4 is 26.3 Å². The van der Waals surface area contributed by atoms with E-state index in [2.05, 4.69) is 20.8 Å². The van der Waals surface area contributed by atoms with Crippen molar-refractivity contribution in [3.63, 3.8) is 0 Å². The highest BCUT2D eigenvalue weighted by atomic mass is 32.2. The normalized spacial score (nSPS) is 35.8. The molecule has 2 aromatic rings. The fourth-order valence-electron chi connectivity index (χ4n) is 11.7. The molecule has 6 rings (SSSR count). The molecule has 0 spiro atoms. The van der Waals surface area contributed by atoms with Crippen molar-refractivity contribution in [1.82, 2.24) is 0 Å². The summed E-state index contributed by atoms with van der Waals surface area (Å²) in [6.07, 6.45) is 17.3. The van der Waals surface area contributed by atoms with Gasteiger partial charge in [0.25, 0.3) is 0 Å². The van der Waals surface area contributed by atoms with Gasteiger partial charge in [-0.15, -0.1) is 0 Å². The third kappa shape index (κ3) is 5.34. The monoisotopic (exact) mass is 621 g/mol. The van der Waals surface area contributed by atoms with Crippen LogP contribution in [-0.2, 0) is 9.84 Å². The third-order valence-electron chi connectivity index (χ3n) is 14.1. The van der Waals surface area contributed by atoms with Crippen LogP contribution in [0, 0.1) is 52.3 Å². The first-order chi connectivity index (χ1) is 20.9. The topological polar surface area (TPSA) is 57.6 Å². The molecule has 10 atom stereocenters. The van der Waals surface area contributed by atoms with Gasteiger partial charge in [-0.3, -0.25) is 0 Å². The Morgan fingerprint density at radius 1 is 0.841 bits per heavy atom. The highest BCUT2D eigenvalue weighted by Gasteiger charge is 2.60. The van der Waals surface area contributed by atoms with Gasteiger partial charge < -0.3 is 10.0 Å². The summed E-state index contributed by atoms with van der Waals surface area (Å²) in [4.78, 5) is 2.24. The molecule has 2 aromatic carbocycles. The van der Waals surface area contributed by atoms with Crippen molar-refractivity contribution in [2.45, 2.75) is 121 Å². The first-order valence-electron chi connectivity index (χ1n) is 18.0. The van der Waals surface area contributed by atoms with Gasteiger partial charge in [-0.1, -0.05) is 77.6 Å². The van der Waals surface area contributed by atoms with Crippen molar-refractivity contribution < 1.29 is 13.5 Å². The zero-order valence-electron chi connectivity index (χ0n) is 28.4. The van der Waals surface area contributed by atoms with Crippen molar-refractivity contribution in [2.75, 3.05) is 19.0 Å². The van der Waals surface area contributed by atoms with Crippen LogP contribution in [0.5, 0.6) is 0 Å². The standard InChI is InChI=1S/C39H59NO3S/c1-26(32-21-22-33-31-20-19-28-14-7-8-24-38(28,3)34(31)23-25-39(32,33)4)12-9-13-27(2)37(41)44(42,43)36-18-11-15-29-30(36)16-10-17-35(29)40(5)6/h10-11,15-18,26-28,31-34,37,41H,7-9,12-14,19-25H2,1-6H3/t26-,27?,28?,31+,32-,33+,34+,37?,38+,39-/m1/s1. The van der Waals surface area contributed by atoms with Gasteiger partial charge >= 0.3 is 0 Å². The molecule has 3 unspecified atom stereocenters. The van der Waals surface area contributed by atoms with E-state index in [4.69, 9.17) is 0 Å². The molecule has 0 aliphatic heterocycles. The van der Waals surface area contributed by atoms with Crippen LogP contribution in [0.15, 0.2) is 41.3 Å². The quantitative estimate of drug-likeness (QED) is 0.303. The lowest BCUT2D eigenvalue weighted by atomic mass is 9.44. The fraction of sp³-hybridized carbons (Fsp3) is 0.744.